The number of nitrogens with one attached hydrogen (secondary N) is 1. The van der Waals surface area contributed by atoms with E-state index in [9.17, 15) is 14.3 Å². The van der Waals surface area contributed by atoms with E-state index in [1.54, 1.807) is 16.8 Å². The lowest BCUT2D eigenvalue weighted by Gasteiger charge is -2.38. The van der Waals surface area contributed by atoms with Gasteiger partial charge < -0.3 is 24.8 Å². The highest BCUT2D eigenvalue weighted by molar-refractivity contribution is 7.16. The van der Waals surface area contributed by atoms with Gasteiger partial charge in [0.15, 0.2) is 11.5 Å². The third kappa shape index (κ3) is 3.98. The molecule has 1 saturated heterocycles. The van der Waals surface area contributed by atoms with Crippen molar-refractivity contribution in [3.05, 3.63) is 51.1 Å². The number of nitrogens with zero attached hydrogens (tertiary/aromatic N) is 3. The van der Waals surface area contributed by atoms with Gasteiger partial charge >= 0.3 is 4.87 Å². The van der Waals surface area contributed by atoms with Crippen molar-refractivity contribution in [2.75, 3.05) is 32.8 Å². The number of aromatic nitrogens is 2. The predicted octanol–water partition coefficient (Wildman–Crippen LogP) is 2.08. The monoisotopic (exact) mass is 486 g/mol. The van der Waals surface area contributed by atoms with E-state index >= 15 is 0 Å². The molecule has 3 atom stereocenters. The van der Waals surface area contributed by atoms with Gasteiger partial charge in [0.2, 0.25) is 0 Å². The summed E-state index contributed by atoms with van der Waals surface area (Å²) in [6, 6.07) is 5.02. The summed E-state index contributed by atoms with van der Waals surface area (Å²) in [5, 5.41) is 14.2. The molecule has 0 radical (unpaired) electrons. The number of thiazole rings is 1. The molecule has 2 aromatic heterocycles. The Morgan fingerprint density at radius 3 is 2.91 bits per heavy atom. The van der Waals surface area contributed by atoms with Gasteiger partial charge in [-0.1, -0.05) is 11.3 Å². The van der Waals surface area contributed by atoms with Crippen LogP contribution in [0.15, 0.2) is 29.2 Å². The molecule has 3 aliphatic rings. The fourth-order valence-corrected chi connectivity index (χ4v) is 6.34. The number of aryl methyl sites for hydroxylation is 1. The highest BCUT2D eigenvalue weighted by Crippen LogP contribution is 2.37. The molecule has 8 nitrogen and oxygen atoms in total. The van der Waals surface area contributed by atoms with Crippen LogP contribution in [0.5, 0.6) is 11.5 Å². The second-order valence-corrected chi connectivity index (χ2v) is 10.2. The van der Waals surface area contributed by atoms with Crippen LogP contribution in [-0.4, -0.2) is 64.6 Å². The van der Waals surface area contributed by atoms with E-state index in [-0.39, 0.29) is 22.6 Å². The van der Waals surface area contributed by atoms with Gasteiger partial charge in [0, 0.05) is 49.8 Å². The molecule has 0 amide bonds. The standard InChI is InChI=1S/C24H27FN4O4S/c25-16-1-2-21-23-22(16)14(3-6-29(23)24(31)34-21)12-28-5-4-17(18(30)13-28)27-10-15-9-19-20(11-26-15)33-8-7-32-19/h1-2,9,11,14,17-18,27,30H,3-8,10,12-13H2/t14?,17-,18+/m0/s1. The maximum absolute atomic E-state index is 14.8. The second-order valence-electron chi connectivity index (χ2n) is 9.24. The minimum Gasteiger partial charge on any atom is -0.486 e. The molecule has 1 unspecified atom stereocenters. The molecule has 6 rings (SSSR count). The van der Waals surface area contributed by atoms with Gasteiger partial charge in [-0.3, -0.25) is 14.3 Å². The minimum absolute atomic E-state index is 0.0105. The molecule has 180 valence electrons. The van der Waals surface area contributed by atoms with E-state index in [2.05, 4.69) is 15.2 Å². The Morgan fingerprint density at radius 1 is 1.21 bits per heavy atom. The van der Waals surface area contributed by atoms with Crippen LogP contribution in [0.3, 0.4) is 0 Å². The smallest absolute Gasteiger partial charge is 0.308 e. The SMILES string of the molecule is O=c1sc2ccc(F)c3c2n1CCC3CN1CC[C@H](NCc2cc3c(cn2)OCCO3)[C@H](O)C1. The number of hydrogen-bond donors (Lipinski definition) is 2. The van der Waals surface area contributed by atoms with Crippen LogP contribution in [0, 0.1) is 5.82 Å². The average molecular weight is 487 g/mol. The summed E-state index contributed by atoms with van der Waals surface area (Å²) >= 11 is 1.19. The first-order valence-corrected chi connectivity index (χ1v) is 12.6. The summed E-state index contributed by atoms with van der Waals surface area (Å²) in [5.74, 6) is 1.14. The molecule has 1 fully saturated rings. The van der Waals surface area contributed by atoms with Gasteiger partial charge in [0.05, 0.1) is 28.2 Å². The summed E-state index contributed by atoms with van der Waals surface area (Å²) in [4.78, 5) is 18.9. The lowest BCUT2D eigenvalue weighted by atomic mass is 9.89. The third-order valence-electron chi connectivity index (χ3n) is 7.10. The maximum atomic E-state index is 14.8. The number of aliphatic hydroxyl groups excluding tert-OH is 1. The van der Waals surface area contributed by atoms with Gasteiger partial charge in [-0.25, -0.2) is 4.39 Å². The van der Waals surface area contributed by atoms with E-state index in [1.807, 2.05) is 6.07 Å². The van der Waals surface area contributed by atoms with Crippen LogP contribution >= 0.6 is 11.3 Å². The number of halogens is 1. The fraction of sp³-hybridized carbons (Fsp3) is 0.500. The first kappa shape index (κ1) is 22.0. The highest BCUT2D eigenvalue weighted by atomic mass is 32.1. The molecule has 0 aliphatic carbocycles. The van der Waals surface area contributed by atoms with Crippen LogP contribution in [0.4, 0.5) is 4.39 Å². The van der Waals surface area contributed by atoms with Crippen molar-refractivity contribution in [3.8, 4) is 11.5 Å². The van der Waals surface area contributed by atoms with Gasteiger partial charge in [0.1, 0.15) is 19.0 Å². The average Bonchev–Trinajstić information content (AvgIpc) is 3.17. The Kier molecular flexibility index (Phi) is 5.76. The number of benzene rings is 1. The van der Waals surface area contributed by atoms with Crippen molar-refractivity contribution in [1.82, 2.24) is 19.8 Å². The normalized spacial score (nSPS) is 24.5. The molecule has 0 bridgehead atoms. The number of pyridine rings is 1. The molecule has 10 heteroatoms. The van der Waals surface area contributed by atoms with Crippen molar-refractivity contribution in [3.63, 3.8) is 0 Å². The summed E-state index contributed by atoms with van der Waals surface area (Å²) in [5.41, 5.74) is 2.25. The lowest BCUT2D eigenvalue weighted by Crippen LogP contribution is -2.53. The molecular weight excluding hydrogens is 459 g/mol. The molecule has 0 spiro atoms. The number of ether oxygens (including phenoxy) is 2. The number of aliphatic hydroxyl groups is 1. The maximum Gasteiger partial charge on any atom is 0.308 e. The first-order valence-electron chi connectivity index (χ1n) is 11.8. The van der Waals surface area contributed by atoms with E-state index in [0.29, 0.717) is 56.5 Å². The van der Waals surface area contributed by atoms with E-state index in [0.717, 1.165) is 35.3 Å². The molecule has 34 heavy (non-hydrogen) atoms. The largest absolute Gasteiger partial charge is 0.486 e. The molecule has 5 heterocycles. The van der Waals surface area contributed by atoms with Crippen LogP contribution < -0.4 is 19.7 Å². The Hall–Kier alpha value is -2.53. The van der Waals surface area contributed by atoms with E-state index in [1.165, 1.54) is 17.4 Å². The zero-order chi connectivity index (χ0) is 23.2. The Balaban J connectivity index is 1.09. The highest BCUT2D eigenvalue weighted by Gasteiger charge is 2.32. The molecule has 3 aliphatic heterocycles. The van der Waals surface area contributed by atoms with Crippen LogP contribution in [-0.2, 0) is 13.1 Å². The Bertz CT molecular complexity index is 1280. The third-order valence-corrected chi connectivity index (χ3v) is 8.04. The van der Waals surface area contributed by atoms with Gasteiger partial charge in [-0.2, -0.15) is 0 Å². The number of hydrogen-bond acceptors (Lipinski definition) is 8. The van der Waals surface area contributed by atoms with Crippen molar-refractivity contribution < 1.29 is 19.0 Å². The number of β-amino-alcohol motifs (C(OH)–C–C–N with tert-alkyl or cyclic N) is 1. The molecule has 2 N–H and O–H groups in total. The topological polar surface area (TPSA) is 88.9 Å². The first-order chi connectivity index (χ1) is 16.6. The predicted molar refractivity (Wildman–Crippen MR) is 126 cm³/mol. The molecular formula is C24H27FN4O4S. The summed E-state index contributed by atoms with van der Waals surface area (Å²) in [6.45, 7) is 4.22. The minimum atomic E-state index is -0.533. The van der Waals surface area contributed by atoms with Crippen molar-refractivity contribution in [2.45, 2.75) is 44.0 Å². The second kappa shape index (κ2) is 8.92. The zero-order valence-electron chi connectivity index (χ0n) is 18.7. The van der Waals surface area contributed by atoms with Gasteiger partial charge in [-0.05, 0) is 31.5 Å². The molecule has 3 aromatic rings. The Labute approximate surface area is 199 Å². The van der Waals surface area contributed by atoms with Gasteiger partial charge in [-0.15, -0.1) is 0 Å². The zero-order valence-corrected chi connectivity index (χ0v) is 19.5. The van der Waals surface area contributed by atoms with Crippen molar-refractivity contribution in [1.29, 1.82) is 0 Å². The summed E-state index contributed by atoms with van der Waals surface area (Å²) in [6.07, 6.45) is 2.66. The molecule has 0 saturated carbocycles. The molecule has 1 aromatic carbocycles. The van der Waals surface area contributed by atoms with E-state index in [4.69, 9.17) is 9.47 Å². The lowest BCUT2D eigenvalue weighted by molar-refractivity contribution is 0.0363. The fourth-order valence-electron chi connectivity index (χ4n) is 5.40. The van der Waals surface area contributed by atoms with Crippen LogP contribution in [0.2, 0.25) is 0 Å². The van der Waals surface area contributed by atoms with Crippen molar-refractivity contribution in [2.24, 2.45) is 0 Å². The Morgan fingerprint density at radius 2 is 2.06 bits per heavy atom. The number of fused-ring (bicyclic) bond motifs is 1. The quantitative estimate of drug-likeness (QED) is 0.571. The number of rotatable bonds is 5. The number of likely N-dealkylation sites (tertiary alicyclic amines) is 1. The summed E-state index contributed by atoms with van der Waals surface area (Å²) < 4.78 is 28.5. The van der Waals surface area contributed by atoms with Crippen LogP contribution in [0.25, 0.3) is 10.2 Å². The van der Waals surface area contributed by atoms with E-state index < -0.39 is 6.10 Å². The van der Waals surface area contributed by atoms with Gasteiger partial charge in [0.25, 0.3) is 0 Å². The number of piperidine rings is 1. The summed E-state index contributed by atoms with van der Waals surface area (Å²) in [7, 11) is 0. The van der Waals surface area contributed by atoms with Crippen molar-refractivity contribution >= 4 is 21.6 Å². The van der Waals surface area contributed by atoms with Crippen LogP contribution in [0.1, 0.15) is 30.0 Å².